The van der Waals surface area contributed by atoms with Crippen LogP contribution in [0.4, 0.5) is 0 Å². The second-order valence-electron chi connectivity index (χ2n) is 7.50. The predicted octanol–water partition coefficient (Wildman–Crippen LogP) is 3.12. The molecule has 3 rings (SSSR count). The highest BCUT2D eigenvalue weighted by Gasteiger charge is 2.24. The summed E-state index contributed by atoms with van der Waals surface area (Å²) in [7, 11) is 1.83. The predicted molar refractivity (Wildman–Crippen MR) is 135 cm³/mol. The van der Waals surface area contributed by atoms with Crippen molar-refractivity contribution >= 4 is 41.3 Å². The minimum absolute atomic E-state index is 0. The molecular formula is C21H35IN6OS. The summed E-state index contributed by atoms with van der Waals surface area (Å²) in [5, 5.41) is 11.5. The molecule has 0 bridgehead atoms. The van der Waals surface area contributed by atoms with Gasteiger partial charge in [0.15, 0.2) is 5.96 Å². The second-order valence-corrected chi connectivity index (χ2v) is 8.82. The molecule has 0 saturated carbocycles. The molecule has 0 aliphatic carbocycles. The first-order valence-electron chi connectivity index (χ1n) is 10.4. The molecule has 2 N–H and O–H groups in total. The van der Waals surface area contributed by atoms with Crippen LogP contribution in [0.3, 0.4) is 0 Å². The van der Waals surface area contributed by atoms with Crippen molar-refractivity contribution in [3.63, 3.8) is 0 Å². The Labute approximate surface area is 201 Å². The van der Waals surface area contributed by atoms with Crippen LogP contribution in [0.15, 0.2) is 23.2 Å². The zero-order chi connectivity index (χ0) is 20.6. The molecule has 30 heavy (non-hydrogen) atoms. The van der Waals surface area contributed by atoms with Crippen LogP contribution in [0, 0.1) is 20.8 Å². The summed E-state index contributed by atoms with van der Waals surface area (Å²) in [6.07, 6.45) is 1.000. The standard InChI is InChI=1S/C21H34N6OS.HI/c1-16-14-17(2)27(25-16)9-5-8-23-21(22-4)24-15-19(20-7-6-18(3)29-20)26-10-12-28-13-11-26;/h6-7,14,19H,5,8-13,15H2,1-4H3,(H2,22,23,24);1H. The summed E-state index contributed by atoms with van der Waals surface area (Å²) in [4.78, 5) is 9.67. The molecule has 3 heterocycles. The zero-order valence-corrected chi connectivity index (χ0v) is 21.6. The fraction of sp³-hybridized carbons (Fsp3) is 0.619. The number of ether oxygens (including phenoxy) is 1. The molecule has 2 aromatic rings. The quantitative estimate of drug-likeness (QED) is 0.231. The van der Waals surface area contributed by atoms with E-state index in [0.717, 1.165) is 64.0 Å². The van der Waals surface area contributed by atoms with Gasteiger partial charge in [-0.2, -0.15) is 5.10 Å². The lowest BCUT2D eigenvalue weighted by molar-refractivity contribution is 0.0177. The van der Waals surface area contributed by atoms with Crippen LogP contribution >= 0.6 is 35.3 Å². The molecule has 1 aliphatic heterocycles. The van der Waals surface area contributed by atoms with Crippen LogP contribution in [-0.2, 0) is 11.3 Å². The van der Waals surface area contributed by atoms with Gasteiger partial charge in [-0.1, -0.05) is 0 Å². The third-order valence-corrected chi connectivity index (χ3v) is 6.31. The van der Waals surface area contributed by atoms with E-state index in [1.165, 1.54) is 15.4 Å². The maximum Gasteiger partial charge on any atom is 0.191 e. The van der Waals surface area contributed by atoms with Crippen LogP contribution in [-0.4, -0.2) is 67.1 Å². The first-order valence-corrected chi connectivity index (χ1v) is 11.2. The molecule has 1 fully saturated rings. The van der Waals surface area contributed by atoms with Crippen molar-refractivity contribution in [3.05, 3.63) is 39.3 Å². The van der Waals surface area contributed by atoms with Crippen molar-refractivity contribution in [1.29, 1.82) is 0 Å². The normalized spacial score (nSPS) is 16.2. The smallest absolute Gasteiger partial charge is 0.191 e. The van der Waals surface area contributed by atoms with E-state index in [-0.39, 0.29) is 24.0 Å². The second kappa shape index (κ2) is 12.6. The minimum atomic E-state index is 0. The van der Waals surface area contributed by atoms with Crippen molar-refractivity contribution in [2.45, 2.75) is 39.8 Å². The van der Waals surface area contributed by atoms with Gasteiger partial charge in [0, 0.05) is 55.2 Å². The number of rotatable bonds is 8. The van der Waals surface area contributed by atoms with E-state index in [4.69, 9.17) is 4.74 Å². The van der Waals surface area contributed by atoms with E-state index >= 15 is 0 Å². The molecule has 1 unspecified atom stereocenters. The van der Waals surface area contributed by atoms with Gasteiger partial charge in [-0.25, -0.2) is 0 Å². The van der Waals surface area contributed by atoms with Crippen molar-refractivity contribution in [3.8, 4) is 0 Å². The average Bonchev–Trinajstić information content (AvgIpc) is 3.29. The highest BCUT2D eigenvalue weighted by molar-refractivity contribution is 14.0. The Morgan fingerprint density at radius 2 is 2.00 bits per heavy atom. The number of thiophene rings is 1. The van der Waals surface area contributed by atoms with E-state index in [9.17, 15) is 0 Å². The largest absolute Gasteiger partial charge is 0.379 e. The number of halogens is 1. The lowest BCUT2D eigenvalue weighted by Gasteiger charge is -2.34. The summed E-state index contributed by atoms with van der Waals surface area (Å²) >= 11 is 1.88. The molecule has 0 aromatic carbocycles. The maximum absolute atomic E-state index is 5.55. The highest BCUT2D eigenvalue weighted by atomic mass is 127. The summed E-state index contributed by atoms with van der Waals surface area (Å²) in [5.41, 5.74) is 2.29. The maximum atomic E-state index is 5.55. The Balaban J connectivity index is 0.00000320. The van der Waals surface area contributed by atoms with Gasteiger partial charge in [0.05, 0.1) is 24.9 Å². The Morgan fingerprint density at radius 1 is 1.23 bits per heavy atom. The lowest BCUT2D eigenvalue weighted by Crippen LogP contribution is -2.46. The molecule has 2 aromatic heterocycles. The molecular weight excluding hydrogens is 511 g/mol. The first-order chi connectivity index (χ1) is 14.1. The van der Waals surface area contributed by atoms with E-state index in [1.54, 1.807) is 0 Å². The van der Waals surface area contributed by atoms with Crippen LogP contribution in [0.25, 0.3) is 0 Å². The lowest BCUT2D eigenvalue weighted by atomic mass is 10.2. The fourth-order valence-electron chi connectivity index (χ4n) is 3.68. The third kappa shape index (κ3) is 7.21. The number of hydrogen-bond acceptors (Lipinski definition) is 5. The zero-order valence-electron chi connectivity index (χ0n) is 18.5. The Hall–Kier alpha value is -1.17. The van der Waals surface area contributed by atoms with E-state index < -0.39 is 0 Å². The number of morpholine rings is 1. The van der Waals surface area contributed by atoms with E-state index in [1.807, 2.05) is 25.3 Å². The Morgan fingerprint density at radius 3 is 2.60 bits per heavy atom. The monoisotopic (exact) mass is 546 g/mol. The van der Waals surface area contributed by atoms with Crippen LogP contribution in [0.5, 0.6) is 0 Å². The highest BCUT2D eigenvalue weighted by Crippen LogP contribution is 2.27. The minimum Gasteiger partial charge on any atom is -0.379 e. The molecule has 0 radical (unpaired) electrons. The van der Waals surface area contributed by atoms with Crippen molar-refractivity contribution in [2.75, 3.05) is 46.4 Å². The van der Waals surface area contributed by atoms with Gasteiger partial charge < -0.3 is 15.4 Å². The Kier molecular flexibility index (Phi) is 10.6. The Bertz CT molecular complexity index is 799. The number of nitrogens with zero attached hydrogens (tertiary/aromatic N) is 4. The van der Waals surface area contributed by atoms with Crippen molar-refractivity contribution in [1.82, 2.24) is 25.3 Å². The van der Waals surface area contributed by atoms with Crippen molar-refractivity contribution < 1.29 is 4.74 Å². The summed E-state index contributed by atoms with van der Waals surface area (Å²) in [6.45, 7) is 12.5. The van der Waals surface area contributed by atoms with Gasteiger partial charge in [-0.3, -0.25) is 14.6 Å². The SMILES string of the molecule is CN=C(NCCCn1nc(C)cc1C)NCC(c1ccc(C)s1)N1CCOCC1.I. The molecule has 0 spiro atoms. The molecule has 0 amide bonds. The number of hydrogen-bond donors (Lipinski definition) is 2. The topological polar surface area (TPSA) is 66.7 Å². The third-order valence-electron chi connectivity index (χ3n) is 5.20. The molecule has 7 nitrogen and oxygen atoms in total. The van der Waals surface area contributed by atoms with Gasteiger partial charge in [0.1, 0.15) is 0 Å². The molecule has 1 atom stereocenters. The molecule has 1 saturated heterocycles. The summed E-state index contributed by atoms with van der Waals surface area (Å²) in [5.74, 6) is 0.852. The summed E-state index contributed by atoms with van der Waals surface area (Å²) in [6, 6.07) is 6.92. The van der Waals surface area contributed by atoms with E-state index in [2.05, 4.69) is 62.4 Å². The molecule has 1 aliphatic rings. The van der Waals surface area contributed by atoms with Gasteiger partial charge >= 0.3 is 0 Å². The van der Waals surface area contributed by atoms with Crippen LogP contribution in [0.2, 0.25) is 0 Å². The van der Waals surface area contributed by atoms with Gasteiger partial charge in [0.2, 0.25) is 0 Å². The number of guanidine groups is 1. The molecule has 9 heteroatoms. The number of nitrogens with one attached hydrogen (secondary N) is 2. The number of aliphatic imine (C=N–C) groups is 1. The molecule has 168 valence electrons. The average molecular weight is 547 g/mol. The fourth-order valence-corrected chi connectivity index (χ4v) is 4.69. The number of aromatic nitrogens is 2. The van der Waals surface area contributed by atoms with Crippen LogP contribution in [0.1, 0.15) is 33.6 Å². The van der Waals surface area contributed by atoms with Crippen LogP contribution < -0.4 is 10.6 Å². The van der Waals surface area contributed by atoms with Gasteiger partial charge in [-0.05, 0) is 45.4 Å². The van der Waals surface area contributed by atoms with Gasteiger partial charge in [0.25, 0.3) is 0 Å². The van der Waals surface area contributed by atoms with Crippen molar-refractivity contribution in [2.24, 2.45) is 4.99 Å². The van der Waals surface area contributed by atoms with Gasteiger partial charge in [-0.15, -0.1) is 35.3 Å². The number of aryl methyl sites for hydroxylation is 4. The summed E-state index contributed by atoms with van der Waals surface area (Å²) < 4.78 is 7.62. The first kappa shape index (κ1) is 25.1. The van der Waals surface area contributed by atoms with E-state index in [0.29, 0.717) is 6.04 Å².